The standard InChI is InChI=1S/C18H21N7O2/c1-10-12-9-13(16(26)22-14-7-8-20-24-14)17(27)25(11-5-3-4-6-11)15(12)23-18(19-2)21-10/h7-9,11H,3-6H2,1-2H3,(H,19,21,23)(H2,20,22,24,26). The maximum absolute atomic E-state index is 13.2. The van der Waals surface area contributed by atoms with Gasteiger partial charge in [-0.25, -0.2) is 4.98 Å². The molecule has 1 fully saturated rings. The second kappa shape index (κ2) is 6.82. The van der Waals surface area contributed by atoms with Gasteiger partial charge in [0, 0.05) is 24.5 Å². The van der Waals surface area contributed by atoms with Crippen LogP contribution in [-0.4, -0.2) is 37.7 Å². The zero-order chi connectivity index (χ0) is 19.0. The normalized spacial score (nSPS) is 14.6. The van der Waals surface area contributed by atoms with Crippen LogP contribution in [0.25, 0.3) is 11.0 Å². The van der Waals surface area contributed by atoms with Gasteiger partial charge in [-0.15, -0.1) is 0 Å². The molecule has 3 aromatic rings. The Morgan fingerprint density at radius 3 is 2.74 bits per heavy atom. The van der Waals surface area contributed by atoms with Gasteiger partial charge in [0.2, 0.25) is 5.95 Å². The Kier molecular flexibility index (Phi) is 4.35. The Balaban J connectivity index is 1.92. The van der Waals surface area contributed by atoms with Gasteiger partial charge in [0.1, 0.15) is 17.0 Å². The lowest BCUT2D eigenvalue weighted by atomic mass is 10.1. The number of aryl methyl sites for hydroxylation is 1. The number of pyridine rings is 1. The minimum Gasteiger partial charge on any atom is -0.357 e. The van der Waals surface area contributed by atoms with Gasteiger partial charge >= 0.3 is 0 Å². The number of aromatic nitrogens is 5. The average molecular weight is 367 g/mol. The van der Waals surface area contributed by atoms with Gasteiger partial charge in [-0.1, -0.05) is 12.8 Å². The van der Waals surface area contributed by atoms with Gasteiger partial charge in [-0.2, -0.15) is 10.1 Å². The van der Waals surface area contributed by atoms with E-state index in [-0.39, 0.29) is 17.2 Å². The van der Waals surface area contributed by atoms with Crippen molar-refractivity contribution in [3.63, 3.8) is 0 Å². The van der Waals surface area contributed by atoms with E-state index in [1.165, 1.54) is 6.20 Å². The first-order chi connectivity index (χ1) is 13.1. The third kappa shape index (κ3) is 3.05. The molecule has 9 nitrogen and oxygen atoms in total. The van der Waals surface area contributed by atoms with Gasteiger partial charge in [-0.3, -0.25) is 19.3 Å². The van der Waals surface area contributed by atoms with Crippen LogP contribution in [0.1, 0.15) is 47.8 Å². The van der Waals surface area contributed by atoms with Crippen molar-refractivity contribution < 1.29 is 4.79 Å². The van der Waals surface area contributed by atoms with E-state index in [1.54, 1.807) is 23.7 Å². The van der Waals surface area contributed by atoms with E-state index in [1.807, 2.05) is 6.92 Å². The molecule has 9 heteroatoms. The summed E-state index contributed by atoms with van der Waals surface area (Å²) < 4.78 is 1.68. The fraction of sp³-hybridized carbons (Fsp3) is 0.389. The quantitative estimate of drug-likeness (QED) is 0.651. The molecule has 4 rings (SSSR count). The van der Waals surface area contributed by atoms with Crippen molar-refractivity contribution in [2.75, 3.05) is 17.7 Å². The predicted molar refractivity (Wildman–Crippen MR) is 102 cm³/mol. The summed E-state index contributed by atoms with van der Waals surface area (Å²) in [7, 11) is 1.74. The number of hydrogen-bond donors (Lipinski definition) is 3. The Morgan fingerprint density at radius 1 is 1.30 bits per heavy atom. The van der Waals surface area contributed by atoms with Crippen molar-refractivity contribution in [2.45, 2.75) is 38.6 Å². The van der Waals surface area contributed by atoms with Gasteiger partial charge in [0.15, 0.2) is 0 Å². The summed E-state index contributed by atoms with van der Waals surface area (Å²) in [5, 5.41) is 12.8. The average Bonchev–Trinajstić information content (AvgIpc) is 3.35. The molecule has 1 aliphatic rings. The summed E-state index contributed by atoms with van der Waals surface area (Å²) in [6.45, 7) is 1.85. The highest BCUT2D eigenvalue weighted by atomic mass is 16.2. The zero-order valence-corrected chi connectivity index (χ0v) is 15.2. The molecule has 0 saturated heterocycles. The van der Waals surface area contributed by atoms with Crippen molar-refractivity contribution in [3.05, 3.63) is 39.9 Å². The summed E-state index contributed by atoms with van der Waals surface area (Å²) >= 11 is 0. The molecule has 3 N–H and O–H groups in total. The van der Waals surface area contributed by atoms with Crippen molar-refractivity contribution >= 4 is 28.7 Å². The van der Waals surface area contributed by atoms with Crippen molar-refractivity contribution in [2.24, 2.45) is 0 Å². The lowest BCUT2D eigenvalue weighted by Crippen LogP contribution is -2.32. The Morgan fingerprint density at radius 2 is 2.07 bits per heavy atom. The molecule has 0 aliphatic heterocycles. The molecule has 0 atom stereocenters. The number of hydrogen-bond acceptors (Lipinski definition) is 6. The van der Waals surface area contributed by atoms with E-state index in [4.69, 9.17) is 0 Å². The summed E-state index contributed by atoms with van der Waals surface area (Å²) in [6.07, 6.45) is 5.46. The number of H-pyrrole nitrogens is 1. The molecular weight excluding hydrogens is 346 g/mol. The smallest absolute Gasteiger partial charge is 0.265 e. The number of nitrogens with one attached hydrogen (secondary N) is 3. The van der Waals surface area contributed by atoms with E-state index < -0.39 is 5.91 Å². The van der Waals surface area contributed by atoms with Crippen LogP contribution in [0.4, 0.5) is 11.8 Å². The maximum atomic E-state index is 13.2. The lowest BCUT2D eigenvalue weighted by molar-refractivity contribution is 0.102. The number of aromatic amines is 1. The highest BCUT2D eigenvalue weighted by Gasteiger charge is 2.25. The van der Waals surface area contributed by atoms with Crippen LogP contribution in [0.2, 0.25) is 0 Å². The number of fused-ring (bicyclic) bond motifs is 1. The summed E-state index contributed by atoms with van der Waals surface area (Å²) in [5.74, 6) is 0.418. The van der Waals surface area contributed by atoms with Gasteiger partial charge in [-0.05, 0) is 25.8 Å². The van der Waals surface area contributed by atoms with Crippen LogP contribution in [0, 0.1) is 6.92 Å². The molecule has 3 heterocycles. The van der Waals surface area contributed by atoms with Crippen molar-refractivity contribution in [3.8, 4) is 0 Å². The molecular formula is C18H21N7O2. The third-order valence-corrected chi connectivity index (χ3v) is 4.99. The van der Waals surface area contributed by atoms with E-state index in [2.05, 4.69) is 30.8 Å². The number of nitrogens with zero attached hydrogens (tertiary/aromatic N) is 4. The van der Waals surface area contributed by atoms with Crippen LogP contribution in [-0.2, 0) is 0 Å². The second-order valence-electron chi connectivity index (χ2n) is 6.72. The van der Waals surface area contributed by atoms with E-state index in [0.717, 1.165) is 25.7 Å². The molecule has 0 bridgehead atoms. The SMILES string of the molecule is CNc1nc(C)c2cc(C(=O)Nc3ccn[nH]3)c(=O)n(C3CCCC3)c2n1. The molecule has 3 aromatic heterocycles. The maximum Gasteiger partial charge on any atom is 0.265 e. The minimum atomic E-state index is -0.477. The first-order valence-corrected chi connectivity index (χ1v) is 9.01. The molecule has 140 valence electrons. The van der Waals surface area contributed by atoms with Crippen LogP contribution in [0.3, 0.4) is 0 Å². The first-order valence-electron chi connectivity index (χ1n) is 9.01. The van der Waals surface area contributed by atoms with Crippen molar-refractivity contribution in [1.82, 2.24) is 24.7 Å². The highest BCUT2D eigenvalue weighted by Crippen LogP contribution is 2.31. The van der Waals surface area contributed by atoms with Crippen molar-refractivity contribution in [1.29, 1.82) is 0 Å². The molecule has 1 amide bonds. The first kappa shape index (κ1) is 17.2. The molecule has 0 aromatic carbocycles. The molecule has 27 heavy (non-hydrogen) atoms. The van der Waals surface area contributed by atoms with Gasteiger partial charge in [0.25, 0.3) is 11.5 Å². The predicted octanol–water partition coefficient (Wildman–Crippen LogP) is 2.23. The largest absolute Gasteiger partial charge is 0.357 e. The number of anilines is 2. The summed E-state index contributed by atoms with van der Waals surface area (Å²) in [4.78, 5) is 34.9. The Bertz CT molecular complexity index is 1050. The van der Waals surface area contributed by atoms with E-state index >= 15 is 0 Å². The highest BCUT2D eigenvalue weighted by molar-refractivity contribution is 6.05. The lowest BCUT2D eigenvalue weighted by Gasteiger charge is -2.18. The number of amides is 1. The summed E-state index contributed by atoms with van der Waals surface area (Å²) in [6, 6.07) is 3.25. The molecule has 0 unspecified atom stereocenters. The molecule has 0 radical (unpaired) electrons. The van der Waals surface area contributed by atoms with Crippen LogP contribution >= 0.6 is 0 Å². The Hall–Kier alpha value is -3.23. The fourth-order valence-electron chi connectivity index (χ4n) is 3.64. The molecule has 0 spiro atoms. The fourth-order valence-corrected chi connectivity index (χ4v) is 3.64. The number of carbonyl (C=O) groups excluding carboxylic acids is 1. The number of carbonyl (C=O) groups is 1. The second-order valence-corrected chi connectivity index (χ2v) is 6.72. The zero-order valence-electron chi connectivity index (χ0n) is 15.2. The number of rotatable bonds is 4. The minimum absolute atomic E-state index is 0.0407. The van der Waals surface area contributed by atoms with Crippen LogP contribution < -0.4 is 16.2 Å². The van der Waals surface area contributed by atoms with E-state index in [9.17, 15) is 9.59 Å². The third-order valence-electron chi connectivity index (χ3n) is 4.99. The topological polar surface area (TPSA) is 118 Å². The monoisotopic (exact) mass is 367 g/mol. The van der Waals surface area contributed by atoms with Crippen LogP contribution in [0.15, 0.2) is 23.1 Å². The van der Waals surface area contributed by atoms with Gasteiger partial charge < -0.3 is 10.6 Å². The Labute approximate surface area is 155 Å². The summed E-state index contributed by atoms with van der Waals surface area (Å²) in [5.41, 5.74) is 1.04. The molecule has 1 saturated carbocycles. The van der Waals surface area contributed by atoms with Gasteiger partial charge in [0.05, 0.1) is 11.9 Å². The molecule has 1 aliphatic carbocycles. The van der Waals surface area contributed by atoms with Crippen LogP contribution in [0.5, 0.6) is 0 Å². The van der Waals surface area contributed by atoms with E-state index in [0.29, 0.717) is 28.5 Å².